The number of rotatable bonds is 3. The fourth-order valence-corrected chi connectivity index (χ4v) is 3.00. The topological polar surface area (TPSA) is 72.4 Å². The van der Waals surface area contributed by atoms with E-state index in [0.29, 0.717) is 23.1 Å². The Balaban J connectivity index is 1.89. The number of nitrogens with two attached hydrogens (primary N) is 1. The minimum Gasteiger partial charge on any atom is -0.365 e. The van der Waals surface area contributed by atoms with E-state index in [-0.39, 0.29) is 11.7 Å². The van der Waals surface area contributed by atoms with Gasteiger partial charge in [0.15, 0.2) is 0 Å². The van der Waals surface area contributed by atoms with Crippen molar-refractivity contribution in [1.29, 1.82) is 0 Å². The first-order valence-electron chi connectivity index (χ1n) is 6.68. The standard InChI is InChI=1S/C15H13Cl2N3O2/c16-12-3-1-9(5-13(12)17)7-19-8-14(18)11-6-10(20(21)22)2-4-15(11)19/h1-6,14H,7-8,18H2/t14-/m0/s1. The Kier molecular flexibility index (Phi) is 3.95. The van der Waals surface area contributed by atoms with Crippen molar-refractivity contribution in [3.63, 3.8) is 0 Å². The van der Waals surface area contributed by atoms with E-state index >= 15 is 0 Å². The summed E-state index contributed by atoms with van der Waals surface area (Å²) in [6, 6.07) is 10.0. The molecule has 0 aliphatic carbocycles. The summed E-state index contributed by atoms with van der Waals surface area (Å²) in [6.07, 6.45) is 0. The maximum Gasteiger partial charge on any atom is 0.269 e. The molecule has 22 heavy (non-hydrogen) atoms. The predicted molar refractivity (Wildman–Crippen MR) is 87.5 cm³/mol. The summed E-state index contributed by atoms with van der Waals surface area (Å²) in [5, 5.41) is 11.9. The van der Waals surface area contributed by atoms with Gasteiger partial charge in [0.2, 0.25) is 0 Å². The van der Waals surface area contributed by atoms with Crippen molar-refractivity contribution in [2.45, 2.75) is 12.6 Å². The van der Waals surface area contributed by atoms with Crippen molar-refractivity contribution >= 4 is 34.6 Å². The molecule has 7 heteroatoms. The smallest absolute Gasteiger partial charge is 0.269 e. The molecule has 2 N–H and O–H groups in total. The van der Waals surface area contributed by atoms with Crippen LogP contribution in [0.5, 0.6) is 0 Å². The molecule has 2 aromatic carbocycles. The lowest BCUT2D eigenvalue weighted by atomic mass is 10.1. The Hall–Kier alpha value is -1.82. The maximum absolute atomic E-state index is 10.9. The van der Waals surface area contributed by atoms with Crippen molar-refractivity contribution in [3.05, 3.63) is 67.7 Å². The molecule has 0 radical (unpaired) electrons. The lowest BCUT2D eigenvalue weighted by Crippen LogP contribution is -2.23. The van der Waals surface area contributed by atoms with E-state index in [4.69, 9.17) is 28.9 Å². The van der Waals surface area contributed by atoms with Gasteiger partial charge in [-0.2, -0.15) is 0 Å². The molecule has 0 unspecified atom stereocenters. The molecule has 1 aliphatic heterocycles. The molecule has 0 saturated heterocycles. The summed E-state index contributed by atoms with van der Waals surface area (Å²) in [4.78, 5) is 12.6. The number of nitro groups is 1. The number of hydrogen-bond acceptors (Lipinski definition) is 4. The van der Waals surface area contributed by atoms with Crippen LogP contribution in [-0.2, 0) is 6.54 Å². The van der Waals surface area contributed by atoms with Gasteiger partial charge in [-0.3, -0.25) is 10.1 Å². The molecule has 3 rings (SSSR count). The molecular weight excluding hydrogens is 325 g/mol. The van der Waals surface area contributed by atoms with Crippen LogP contribution in [-0.4, -0.2) is 11.5 Å². The van der Waals surface area contributed by atoms with Gasteiger partial charge in [0.25, 0.3) is 5.69 Å². The zero-order valence-corrected chi connectivity index (χ0v) is 13.0. The van der Waals surface area contributed by atoms with Gasteiger partial charge in [-0.05, 0) is 23.8 Å². The van der Waals surface area contributed by atoms with E-state index < -0.39 is 4.92 Å². The Morgan fingerprint density at radius 1 is 1.23 bits per heavy atom. The van der Waals surface area contributed by atoms with Crippen molar-refractivity contribution in [2.24, 2.45) is 5.73 Å². The second-order valence-corrected chi connectivity index (χ2v) is 6.05. The van der Waals surface area contributed by atoms with Gasteiger partial charge in [-0.25, -0.2) is 0 Å². The number of anilines is 1. The maximum atomic E-state index is 10.9. The Morgan fingerprint density at radius 2 is 2.00 bits per heavy atom. The molecular formula is C15H13Cl2N3O2. The molecule has 0 bridgehead atoms. The third kappa shape index (κ3) is 2.75. The molecule has 1 heterocycles. The monoisotopic (exact) mass is 337 g/mol. The van der Waals surface area contributed by atoms with E-state index in [1.165, 1.54) is 6.07 Å². The van der Waals surface area contributed by atoms with Gasteiger partial charge >= 0.3 is 0 Å². The number of non-ortho nitro benzene ring substituents is 1. The van der Waals surface area contributed by atoms with Crippen LogP contribution in [0.15, 0.2) is 36.4 Å². The van der Waals surface area contributed by atoms with E-state index in [0.717, 1.165) is 16.8 Å². The summed E-state index contributed by atoms with van der Waals surface area (Å²) >= 11 is 12.0. The third-order valence-electron chi connectivity index (χ3n) is 3.74. The first kappa shape index (κ1) is 15.1. The highest BCUT2D eigenvalue weighted by atomic mass is 35.5. The predicted octanol–water partition coefficient (Wildman–Crippen LogP) is 3.92. The molecule has 0 aromatic heterocycles. The van der Waals surface area contributed by atoms with Gasteiger partial charge in [0, 0.05) is 42.5 Å². The van der Waals surface area contributed by atoms with Crippen LogP contribution >= 0.6 is 23.2 Å². The van der Waals surface area contributed by atoms with Crippen LogP contribution in [0.4, 0.5) is 11.4 Å². The second-order valence-electron chi connectivity index (χ2n) is 5.24. The lowest BCUT2D eigenvalue weighted by Gasteiger charge is -2.19. The van der Waals surface area contributed by atoms with Crippen molar-refractivity contribution in [1.82, 2.24) is 0 Å². The summed E-state index contributed by atoms with van der Waals surface area (Å²) in [6.45, 7) is 1.23. The van der Waals surface area contributed by atoms with Crippen LogP contribution in [0, 0.1) is 10.1 Å². The minimum absolute atomic E-state index is 0.0607. The first-order chi connectivity index (χ1) is 10.5. The fraction of sp³-hybridized carbons (Fsp3) is 0.200. The largest absolute Gasteiger partial charge is 0.365 e. The fourth-order valence-electron chi connectivity index (χ4n) is 2.68. The Labute approximate surface area is 137 Å². The van der Waals surface area contributed by atoms with Crippen molar-refractivity contribution in [3.8, 4) is 0 Å². The van der Waals surface area contributed by atoms with Gasteiger partial charge in [-0.15, -0.1) is 0 Å². The minimum atomic E-state index is -0.408. The highest BCUT2D eigenvalue weighted by Gasteiger charge is 2.28. The van der Waals surface area contributed by atoms with E-state index in [9.17, 15) is 10.1 Å². The number of benzene rings is 2. The lowest BCUT2D eigenvalue weighted by molar-refractivity contribution is -0.384. The zero-order valence-electron chi connectivity index (χ0n) is 11.5. The van der Waals surface area contributed by atoms with Gasteiger partial charge < -0.3 is 10.6 Å². The molecule has 0 spiro atoms. The number of nitro benzene ring substituents is 1. The number of nitrogens with zero attached hydrogens (tertiary/aromatic N) is 2. The first-order valence-corrected chi connectivity index (χ1v) is 7.44. The quantitative estimate of drug-likeness (QED) is 0.680. The number of fused-ring (bicyclic) bond motifs is 1. The van der Waals surface area contributed by atoms with Crippen molar-refractivity contribution in [2.75, 3.05) is 11.4 Å². The number of hydrogen-bond donors (Lipinski definition) is 1. The van der Waals surface area contributed by atoms with Gasteiger partial charge in [0.1, 0.15) is 0 Å². The van der Waals surface area contributed by atoms with Crippen LogP contribution in [0.25, 0.3) is 0 Å². The SMILES string of the molecule is N[C@H]1CN(Cc2ccc(Cl)c(Cl)c2)c2ccc([N+](=O)[O-])cc21. The highest BCUT2D eigenvalue weighted by molar-refractivity contribution is 6.42. The average Bonchev–Trinajstić information content (AvgIpc) is 2.79. The van der Waals surface area contributed by atoms with Crippen LogP contribution in [0.2, 0.25) is 10.0 Å². The average molecular weight is 338 g/mol. The zero-order chi connectivity index (χ0) is 15.9. The summed E-state index contributed by atoms with van der Waals surface area (Å²) in [5.41, 5.74) is 8.89. The summed E-state index contributed by atoms with van der Waals surface area (Å²) < 4.78 is 0. The molecule has 0 amide bonds. The molecule has 1 atom stereocenters. The van der Waals surface area contributed by atoms with Crippen LogP contribution in [0.1, 0.15) is 17.2 Å². The Bertz CT molecular complexity index is 752. The van der Waals surface area contributed by atoms with Crippen LogP contribution in [0.3, 0.4) is 0 Å². The van der Waals surface area contributed by atoms with Gasteiger partial charge in [0.05, 0.1) is 15.0 Å². The number of halogens is 2. The van der Waals surface area contributed by atoms with E-state index in [1.54, 1.807) is 18.2 Å². The molecule has 5 nitrogen and oxygen atoms in total. The van der Waals surface area contributed by atoms with E-state index in [2.05, 4.69) is 4.90 Å². The third-order valence-corrected chi connectivity index (χ3v) is 4.48. The van der Waals surface area contributed by atoms with Gasteiger partial charge in [-0.1, -0.05) is 29.3 Å². The van der Waals surface area contributed by atoms with Crippen LogP contribution < -0.4 is 10.6 Å². The van der Waals surface area contributed by atoms with E-state index in [1.807, 2.05) is 12.1 Å². The molecule has 114 valence electrons. The Morgan fingerprint density at radius 3 is 2.68 bits per heavy atom. The summed E-state index contributed by atoms with van der Waals surface area (Å²) in [7, 11) is 0. The second kappa shape index (κ2) is 5.76. The normalized spacial score (nSPS) is 16.7. The molecule has 1 aliphatic rings. The van der Waals surface area contributed by atoms with Crippen molar-refractivity contribution < 1.29 is 4.92 Å². The molecule has 0 fully saturated rings. The molecule has 0 saturated carbocycles. The summed E-state index contributed by atoms with van der Waals surface area (Å²) in [5.74, 6) is 0. The molecule has 2 aromatic rings. The highest BCUT2D eigenvalue weighted by Crippen LogP contribution is 2.37.